The largest absolute Gasteiger partial charge is 0.481 e. The van der Waals surface area contributed by atoms with E-state index >= 15 is 0 Å². The van der Waals surface area contributed by atoms with Gasteiger partial charge in [-0.25, -0.2) is 9.37 Å². The van der Waals surface area contributed by atoms with E-state index in [1.54, 1.807) is 18.2 Å². The van der Waals surface area contributed by atoms with Crippen molar-refractivity contribution in [3.8, 4) is 11.4 Å². The highest BCUT2D eigenvalue weighted by molar-refractivity contribution is 6.30. The Bertz CT molecular complexity index is 583. The lowest BCUT2D eigenvalue weighted by Crippen LogP contribution is -1.98. The molecule has 0 saturated heterocycles. The van der Waals surface area contributed by atoms with Crippen LogP contribution in [0.3, 0.4) is 0 Å². The zero-order chi connectivity index (χ0) is 13.1. The molecule has 0 saturated carbocycles. The van der Waals surface area contributed by atoms with Gasteiger partial charge in [-0.3, -0.25) is 4.79 Å². The number of nitrogens with zero attached hydrogens (tertiary/aromatic N) is 1. The van der Waals surface area contributed by atoms with Gasteiger partial charge in [-0.05, 0) is 12.1 Å². The van der Waals surface area contributed by atoms with Gasteiger partial charge in [0, 0.05) is 6.42 Å². The molecule has 0 unspecified atom stereocenters. The van der Waals surface area contributed by atoms with Gasteiger partial charge in [0.1, 0.15) is 11.6 Å². The van der Waals surface area contributed by atoms with Crippen LogP contribution in [0, 0.1) is 5.82 Å². The smallest absolute Gasteiger partial charge is 0.303 e. The molecule has 1 aromatic carbocycles. The molecule has 0 aliphatic rings. The van der Waals surface area contributed by atoms with Gasteiger partial charge < -0.3 is 10.1 Å². The number of rotatable bonds is 4. The first kappa shape index (κ1) is 12.6. The number of hydrogen-bond donors (Lipinski definition) is 2. The predicted octanol–water partition coefficient (Wildman–Crippen LogP) is 2.89. The molecule has 0 bridgehead atoms. The van der Waals surface area contributed by atoms with Crippen LogP contribution in [0.15, 0.2) is 24.3 Å². The number of benzene rings is 1. The number of carboxylic acids is 1. The van der Waals surface area contributed by atoms with Gasteiger partial charge in [0.25, 0.3) is 0 Å². The minimum Gasteiger partial charge on any atom is -0.481 e. The number of aryl methyl sites for hydroxylation is 1. The maximum absolute atomic E-state index is 13.5. The van der Waals surface area contributed by atoms with E-state index in [-0.39, 0.29) is 18.0 Å². The minimum atomic E-state index is -0.923. The molecule has 1 aromatic heterocycles. The van der Waals surface area contributed by atoms with Crippen LogP contribution in [0.1, 0.15) is 12.1 Å². The Morgan fingerprint density at radius 3 is 2.83 bits per heavy atom. The lowest BCUT2D eigenvalue weighted by atomic mass is 10.2. The van der Waals surface area contributed by atoms with Gasteiger partial charge in [0.15, 0.2) is 5.15 Å². The van der Waals surface area contributed by atoms with E-state index in [9.17, 15) is 9.18 Å². The molecule has 2 N–H and O–H groups in total. The molecular weight excluding hydrogens is 259 g/mol. The Kier molecular flexibility index (Phi) is 3.62. The fourth-order valence-corrected chi connectivity index (χ4v) is 1.79. The molecule has 18 heavy (non-hydrogen) atoms. The van der Waals surface area contributed by atoms with Crippen molar-refractivity contribution in [2.45, 2.75) is 12.8 Å². The first-order valence-corrected chi connectivity index (χ1v) is 5.67. The van der Waals surface area contributed by atoms with Gasteiger partial charge in [0.05, 0.1) is 17.7 Å². The summed E-state index contributed by atoms with van der Waals surface area (Å²) in [5.41, 5.74) is 0.804. The van der Waals surface area contributed by atoms with Crippen LogP contribution < -0.4 is 0 Å². The van der Waals surface area contributed by atoms with Crippen molar-refractivity contribution >= 4 is 17.6 Å². The van der Waals surface area contributed by atoms with Crippen molar-refractivity contribution < 1.29 is 14.3 Å². The maximum Gasteiger partial charge on any atom is 0.303 e. The lowest BCUT2D eigenvalue weighted by Gasteiger charge is -1.98. The molecule has 0 atom stereocenters. The summed E-state index contributed by atoms with van der Waals surface area (Å²) in [6, 6.07) is 6.16. The molecule has 0 aliphatic carbocycles. The Hall–Kier alpha value is -1.88. The zero-order valence-corrected chi connectivity index (χ0v) is 10.0. The Balaban J connectivity index is 2.29. The van der Waals surface area contributed by atoms with Crippen LogP contribution in [0.4, 0.5) is 4.39 Å². The summed E-state index contributed by atoms with van der Waals surface area (Å²) in [6.45, 7) is 0. The van der Waals surface area contributed by atoms with Crippen LogP contribution in [0.25, 0.3) is 11.4 Å². The summed E-state index contributed by atoms with van der Waals surface area (Å²) >= 11 is 5.87. The Morgan fingerprint density at radius 2 is 2.17 bits per heavy atom. The molecule has 6 heteroatoms. The van der Waals surface area contributed by atoms with E-state index in [4.69, 9.17) is 16.7 Å². The molecular formula is C12H10ClFN2O2. The number of hydrogen-bond acceptors (Lipinski definition) is 2. The predicted molar refractivity (Wildman–Crippen MR) is 64.9 cm³/mol. The second-order valence-corrected chi connectivity index (χ2v) is 4.09. The number of halogens is 2. The van der Waals surface area contributed by atoms with Crippen LogP contribution in [0.2, 0.25) is 5.15 Å². The normalized spacial score (nSPS) is 10.6. The van der Waals surface area contributed by atoms with E-state index in [1.165, 1.54) is 6.07 Å². The fraction of sp³-hybridized carbons (Fsp3) is 0.167. The summed E-state index contributed by atoms with van der Waals surface area (Å²) in [7, 11) is 0. The van der Waals surface area contributed by atoms with Crippen LogP contribution in [-0.2, 0) is 11.2 Å². The quantitative estimate of drug-likeness (QED) is 0.896. The maximum atomic E-state index is 13.5. The third kappa shape index (κ3) is 2.68. The van der Waals surface area contributed by atoms with Gasteiger partial charge in [-0.1, -0.05) is 23.7 Å². The van der Waals surface area contributed by atoms with Crippen LogP contribution >= 0.6 is 11.6 Å². The SMILES string of the molecule is O=C(O)CCc1[nH]c(-c2ccccc2F)nc1Cl. The van der Waals surface area contributed by atoms with Crippen LogP contribution in [-0.4, -0.2) is 21.0 Å². The second-order valence-electron chi connectivity index (χ2n) is 3.73. The molecule has 0 radical (unpaired) electrons. The van der Waals surface area contributed by atoms with Gasteiger partial charge in [-0.2, -0.15) is 0 Å². The summed E-state index contributed by atoms with van der Waals surface area (Å²) in [4.78, 5) is 17.3. The number of aliphatic carboxylic acids is 1. The van der Waals surface area contributed by atoms with Crippen molar-refractivity contribution in [2.24, 2.45) is 0 Å². The van der Waals surface area contributed by atoms with E-state index in [0.717, 1.165) is 0 Å². The third-order valence-corrected chi connectivity index (χ3v) is 2.76. The summed E-state index contributed by atoms with van der Waals surface area (Å²) < 4.78 is 13.5. The van der Waals surface area contributed by atoms with Crippen molar-refractivity contribution in [1.29, 1.82) is 0 Å². The first-order chi connectivity index (χ1) is 8.58. The second kappa shape index (κ2) is 5.18. The highest BCUT2D eigenvalue weighted by Gasteiger charge is 2.13. The average Bonchev–Trinajstić information content (AvgIpc) is 2.68. The fourth-order valence-electron chi connectivity index (χ4n) is 1.57. The molecule has 1 heterocycles. The van der Waals surface area contributed by atoms with Crippen LogP contribution in [0.5, 0.6) is 0 Å². The van der Waals surface area contributed by atoms with Gasteiger partial charge in [-0.15, -0.1) is 0 Å². The minimum absolute atomic E-state index is 0.0569. The number of carboxylic acid groups (broad SMARTS) is 1. The van der Waals surface area contributed by atoms with Gasteiger partial charge >= 0.3 is 5.97 Å². The van der Waals surface area contributed by atoms with E-state index < -0.39 is 11.8 Å². The number of H-pyrrole nitrogens is 1. The molecule has 2 rings (SSSR count). The first-order valence-electron chi connectivity index (χ1n) is 5.29. The van der Waals surface area contributed by atoms with Crippen molar-refractivity contribution in [3.63, 3.8) is 0 Å². The van der Waals surface area contributed by atoms with Crippen molar-refractivity contribution in [3.05, 3.63) is 40.9 Å². The Labute approximate surface area is 107 Å². The molecule has 0 spiro atoms. The molecule has 0 aliphatic heterocycles. The third-order valence-electron chi connectivity index (χ3n) is 2.45. The molecule has 2 aromatic rings. The highest BCUT2D eigenvalue weighted by Crippen LogP contribution is 2.24. The molecule has 94 valence electrons. The van der Waals surface area contributed by atoms with E-state index in [0.29, 0.717) is 17.1 Å². The van der Waals surface area contributed by atoms with Crippen molar-refractivity contribution in [1.82, 2.24) is 9.97 Å². The lowest BCUT2D eigenvalue weighted by molar-refractivity contribution is -0.136. The Morgan fingerprint density at radius 1 is 1.44 bits per heavy atom. The standard InChI is InChI=1S/C12H10ClFN2O2/c13-11-9(5-6-10(17)18)15-12(16-11)7-3-1-2-4-8(7)14/h1-4H,5-6H2,(H,15,16)(H,17,18). The summed E-state index contributed by atoms with van der Waals surface area (Å²) in [5.74, 6) is -1.03. The number of aromatic nitrogens is 2. The number of nitrogens with one attached hydrogen (secondary N) is 1. The average molecular weight is 269 g/mol. The zero-order valence-electron chi connectivity index (χ0n) is 9.28. The van der Waals surface area contributed by atoms with Crippen molar-refractivity contribution in [2.75, 3.05) is 0 Å². The van der Waals surface area contributed by atoms with E-state index in [2.05, 4.69) is 9.97 Å². The number of carbonyl (C=O) groups is 1. The summed E-state index contributed by atoms with van der Waals surface area (Å²) in [6.07, 6.45) is 0.175. The molecule has 0 amide bonds. The number of imidazole rings is 1. The van der Waals surface area contributed by atoms with E-state index in [1.807, 2.05) is 0 Å². The number of aromatic amines is 1. The summed E-state index contributed by atoms with van der Waals surface area (Å²) in [5, 5.41) is 8.77. The topological polar surface area (TPSA) is 66.0 Å². The molecule has 4 nitrogen and oxygen atoms in total. The monoisotopic (exact) mass is 268 g/mol. The van der Waals surface area contributed by atoms with Gasteiger partial charge in [0.2, 0.25) is 0 Å². The highest BCUT2D eigenvalue weighted by atomic mass is 35.5. The molecule has 0 fully saturated rings.